The first-order valence-electron chi connectivity index (χ1n) is 3.76. The van der Waals surface area contributed by atoms with E-state index in [9.17, 15) is 0 Å². The molecule has 0 unspecified atom stereocenters. The third-order valence-electron chi connectivity index (χ3n) is 2.20. The van der Waals surface area contributed by atoms with Crippen molar-refractivity contribution in [2.24, 2.45) is 0 Å². The number of hydrogen-bond acceptors (Lipinski definition) is 2. The first kappa shape index (κ1) is 7.35. The number of oxazole rings is 1. The van der Waals surface area contributed by atoms with Gasteiger partial charge in [-0.2, -0.15) is 0 Å². The predicted octanol–water partition coefficient (Wildman–Crippen LogP) is 2.62. The molecule has 0 aliphatic heterocycles. The highest BCUT2D eigenvalue weighted by atomic mass is 79.9. The van der Waals surface area contributed by atoms with E-state index in [0.29, 0.717) is 0 Å². The fourth-order valence-electron chi connectivity index (χ4n) is 1.05. The van der Waals surface area contributed by atoms with Gasteiger partial charge in [-0.05, 0) is 12.8 Å². The van der Waals surface area contributed by atoms with Gasteiger partial charge in [-0.3, -0.25) is 0 Å². The maximum atomic E-state index is 5.50. The average molecular weight is 216 g/mol. The maximum Gasteiger partial charge on any atom is 0.200 e. The molecule has 0 atom stereocenters. The van der Waals surface area contributed by atoms with Crippen molar-refractivity contribution in [2.45, 2.75) is 30.5 Å². The maximum absolute atomic E-state index is 5.50. The Morgan fingerprint density at radius 1 is 1.73 bits per heavy atom. The highest BCUT2D eigenvalue weighted by Crippen LogP contribution is 2.47. The van der Waals surface area contributed by atoms with Gasteiger partial charge in [0, 0.05) is 5.41 Å². The molecule has 11 heavy (non-hydrogen) atoms. The van der Waals surface area contributed by atoms with Crippen LogP contribution in [0.2, 0.25) is 0 Å². The molecule has 0 N–H and O–H groups in total. The van der Waals surface area contributed by atoms with Gasteiger partial charge < -0.3 is 4.42 Å². The van der Waals surface area contributed by atoms with Crippen LogP contribution in [0.15, 0.2) is 10.6 Å². The first-order chi connectivity index (χ1) is 5.24. The summed E-state index contributed by atoms with van der Waals surface area (Å²) >= 11 is 3.32. The molecule has 2 nitrogen and oxygen atoms in total. The zero-order valence-electron chi connectivity index (χ0n) is 6.43. The highest BCUT2D eigenvalue weighted by molar-refractivity contribution is 9.08. The summed E-state index contributed by atoms with van der Waals surface area (Å²) in [4.78, 5) is 4.22. The van der Waals surface area contributed by atoms with Crippen LogP contribution < -0.4 is 0 Å². The summed E-state index contributed by atoms with van der Waals surface area (Å²) in [5, 5.41) is 0.760. The molecule has 3 heteroatoms. The van der Waals surface area contributed by atoms with Crippen LogP contribution >= 0.6 is 15.9 Å². The van der Waals surface area contributed by atoms with Crippen molar-refractivity contribution < 1.29 is 4.42 Å². The average Bonchev–Trinajstić information content (AvgIpc) is 2.61. The van der Waals surface area contributed by atoms with Crippen LogP contribution in [-0.4, -0.2) is 4.98 Å². The lowest BCUT2D eigenvalue weighted by atomic mass is 10.1. The normalized spacial score (nSPS) is 20.2. The Kier molecular flexibility index (Phi) is 1.56. The number of aromatic nitrogens is 1. The van der Waals surface area contributed by atoms with Crippen molar-refractivity contribution in [1.82, 2.24) is 4.98 Å². The molecular formula is C8H10BrNO. The lowest BCUT2D eigenvalue weighted by molar-refractivity contribution is 0.430. The van der Waals surface area contributed by atoms with Gasteiger partial charge in [0.25, 0.3) is 0 Å². The Morgan fingerprint density at radius 2 is 2.45 bits per heavy atom. The molecule has 1 aromatic rings. The smallest absolute Gasteiger partial charge is 0.200 e. The number of halogens is 1. The SMILES string of the molecule is CC1(c2ncc(CBr)o2)CC1. The Bertz CT molecular complexity index is 265. The lowest BCUT2D eigenvalue weighted by Crippen LogP contribution is -1.98. The summed E-state index contributed by atoms with van der Waals surface area (Å²) in [6.45, 7) is 2.19. The van der Waals surface area contributed by atoms with Crippen molar-refractivity contribution in [3.8, 4) is 0 Å². The molecule has 0 amide bonds. The molecule has 60 valence electrons. The van der Waals surface area contributed by atoms with Gasteiger partial charge in [0.2, 0.25) is 0 Å². The minimum Gasteiger partial charge on any atom is -0.444 e. The summed E-state index contributed by atoms with van der Waals surface area (Å²) < 4.78 is 5.50. The second-order valence-electron chi connectivity index (χ2n) is 3.33. The fraction of sp³-hybridized carbons (Fsp3) is 0.625. The van der Waals surface area contributed by atoms with Crippen molar-refractivity contribution in [2.75, 3.05) is 0 Å². The molecule has 0 bridgehead atoms. The molecule has 1 aromatic heterocycles. The topological polar surface area (TPSA) is 26.0 Å². The zero-order valence-corrected chi connectivity index (χ0v) is 8.02. The van der Waals surface area contributed by atoms with Crippen molar-refractivity contribution in [1.29, 1.82) is 0 Å². The number of rotatable bonds is 2. The molecule has 2 rings (SSSR count). The van der Waals surface area contributed by atoms with E-state index in [1.54, 1.807) is 6.20 Å². The van der Waals surface area contributed by atoms with Crippen LogP contribution in [0.25, 0.3) is 0 Å². The van der Waals surface area contributed by atoms with Crippen molar-refractivity contribution >= 4 is 15.9 Å². The van der Waals surface area contributed by atoms with Gasteiger partial charge in [0.05, 0.1) is 11.5 Å². The van der Waals surface area contributed by atoms with E-state index in [1.165, 1.54) is 12.8 Å². The minimum absolute atomic E-state index is 0.264. The molecule has 0 aromatic carbocycles. The number of nitrogens with zero attached hydrogens (tertiary/aromatic N) is 1. The van der Waals surface area contributed by atoms with E-state index in [-0.39, 0.29) is 5.41 Å². The van der Waals surface area contributed by atoms with Crippen LogP contribution in [0.5, 0.6) is 0 Å². The molecule has 0 spiro atoms. The monoisotopic (exact) mass is 215 g/mol. The summed E-state index contributed by atoms with van der Waals surface area (Å²) in [7, 11) is 0. The van der Waals surface area contributed by atoms with Gasteiger partial charge in [0.1, 0.15) is 5.76 Å². The van der Waals surface area contributed by atoms with Crippen LogP contribution in [0.1, 0.15) is 31.4 Å². The van der Waals surface area contributed by atoms with E-state index in [0.717, 1.165) is 17.0 Å². The van der Waals surface area contributed by atoms with Crippen LogP contribution in [0.4, 0.5) is 0 Å². The summed E-state index contributed by atoms with van der Waals surface area (Å²) in [6, 6.07) is 0. The molecule has 1 aliphatic rings. The minimum atomic E-state index is 0.264. The second kappa shape index (κ2) is 2.34. The van der Waals surface area contributed by atoms with E-state index in [2.05, 4.69) is 27.8 Å². The zero-order chi connectivity index (χ0) is 7.90. The van der Waals surface area contributed by atoms with E-state index in [1.807, 2.05) is 0 Å². The molecule has 0 radical (unpaired) electrons. The predicted molar refractivity (Wildman–Crippen MR) is 45.7 cm³/mol. The van der Waals surface area contributed by atoms with Gasteiger partial charge in [-0.1, -0.05) is 22.9 Å². The molecule has 1 saturated carbocycles. The van der Waals surface area contributed by atoms with E-state index >= 15 is 0 Å². The van der Waals surface area contributed by atoms with Crippen LogP contribution in [0.3, 0.4) is 0 Å². The standard InChI is InChI=1S/C8H10BrNO/c1-8(2-3-8)7-10-5-6(4-9)11-7/h5H,2-4H2,1H3. The number of alkyl halides is 1. The Hall–Kier alpha value is -0.310. The third kappa shape index (κ3) is 1.22. The molecule has 1 fully saturated rings. The lowest BCUT2D eigenvalue weighted by Gasteiger charge is -1.99. The summed E-state index contributed by atoms with van der Waals surface area (Å²) in [5.41, 5.74) is 0.264. The first-order valence-corrected chi connectivity index (χ1v) is 4.88. The van der Waals surface area contributed by atoms with E-state index in [4.69, 9.17) is 4.42 Å². The van der Waals surface area contributed by atoms with Gasteiger partial charge in [-0.25, -0.2) is 4.98 Å². The molecular weight excluding hydrogens is 206 g/mol. The fourth-order valence-corrected chi connectivity index (χ4v) is 1.31. The van der Waals surface area contributed by atoms with Gasteiger partial charge in [-0.15, -0.1) is 0 Å². The Morgan fingerprint density at radius 3 is 2.91 bits per heavy atom. The van der Waals surface area contributed by atoms with Gasteiger partial charge in [0.15, 0.2) is 5.89 Å². The Balaban J connectivity index is 2.25. The quantitative estimate of drug-likeness (QED) is 0.710. The second-order valence-corrected chi connectivity index (χ2v) is 3.89. The highest BCUT2D eigenvalue weighted by Gasteiger charge is 2.43. The Labute approximate surface area is 74.1 Å². The molecule has 0 saturated heterocycles. The van der Waals surface area contributed by atoms with Crippen molar-refractivity contribution in [3.63, 3.8) is 0 Å². The van der Waals surface area contributed by atoms with Crippen LogP contribution in [-0.2, 0) is 10.7 Å². The number of hydrogen-bond donors (Lipinski definition) is 0. The van der Waals surface area contributed by atoms with Gasteiger partial charge >= 0.3 is 0 Å². The van der Waals surface area contributed by atoms with E-state index < -0.39 is 0 Å². The molecule has 1 heterocycles. The van der Waals surface area contributed by atoms with Crippen molar-refractivity contribution in [3.05, 3.63) is 17.8 Å². The van der Waals surface area contributed by atoms with Crippen LogP contribution in [0, 0.1) is 0 Å². The largest absolute Gasteiger partial charge is 0.444 e. The summed E-state index contributed by atoms with van der Waals surface area (Å²) in [6.07, 6.45) is 4.23. The molecule has 1 aliphatic carbocycles. The summed E-state index contributed by atoms with van der Waals surface area (Å²) in [5.74, 6) is 1.83. The third-order valence-corrected chi connectivity index (χ3v) is 2.75.